The van der Waals surface area contributed by atoms with Crippen LogP contribution in [0.1, 0.15) is 26.2 Å². The van der Waals surface area contributed by atoms with Gasteiger partial charge in [0.05, 0.1) is 6.04 Å². The molecule has 3 rings (SSSR count). The Morgan fingerprint density at radius 3 is 2.76 bits per heavy atom. The maximum absolute atomic E-state index is 12.4. The van der Waals surface area contributed by atoms with Crippen molar-refractivity contribution < 1.29 is 4.79 Å². The molecule has 0 radical (unpaired) electrons. The van der Waals surface area contributed by atoms with E-state index in [1.807, 2.05) is 37.3 Å². The van der Waals surface area contributed by atoms with Crippen LogP contribution < -0.4 is 11.1 Å². The van der Waals surface area contributed by atoms with Gasteiger partial charge >= 0.3 is 0 Å². The maximum Gasteiger partial charge on any atom is 0.241 e. The number of anilines is 1. The van der Waals surface area contributed by atoms with Crippen molar-refractivity contribution >= 4 is 11.6 Å². The standard InChI is InChI=1S/C17H25N3O/c1-12(17(21)19-14-7-3-2-4-8-14)20-10-13-6-5-9-16(18)15(13)11-20/h2-4,7-8,12-13,15-16H,5-6,9-11,18H2,1H3,(H,19,21). The Bertz CT molecular complexity index is 490. The van der Waals surface area contributed by atoms with Gasteiger partial charge in [0.25, 0.3) is 0 Å². The number of carbonyl (C=O) groups excluding carboxylic acids is 1. The second-order valence-electron chi connectivity index (χ2n) is 6.50. The number of hydrogen-bond acceptors (Lipinski definition) is 3. The van der Waals surface area contributed by atoms with Crippen LogP contribution in [0, 0.1) is 11.8 Å². The molecule has 114 valence electrons. The summed E-state index contributed by atoms with van der Waals surface area (Å²) in [4.78, 5) is 14.7. The average Bonchev–Trinajstić information content (AvgIpc) is 2.93. The van der Waals surface area contributed by atoms with Gasteiger partial charge in [-0.25, -0.2) is 0 Å². The van der Waals surface area contributed by atoms with Gasteiger partial charge in [-0.1, -0.05) is 24.6 Å². The highest BCUT2D eigenvalue weighted by Crippen LogP contribution is 2.36. The molecule has 4 nitrogen and oxygen atoms in total. The molecule has 0 bridgehead atoms. The third kappa shape index (κ3) is 3.11. The fourth-order valence-corrected chi connectivity index (χ4v) is 3.80. The Morgan fingerprint density at radius 1 is 1.29 bits per heavy atom. The topological polar surface area (TPSA) is 58.4 Å². The molecule has 1 saturated heterocycles. The SMILES string of the molecule is CC(C(=O)Nc1ccccc1)N1CC2CCCC(N)C2C1. The summed E-state index contributed by atoms with van der Waals surface area (Å²) in [6, 6.07) is 9.88. The first-order valence-electron chi connectivity index (χ1n) is 8.00. The number of benzene rings is 1. The highest BCUT2D eigenvalue weighted by molar-refractivity contribution is 5.94. The lowest BCUT2D eigenvalue weighted by Crippen LogP contribution is -2.42. The summed E-state index contributed by atoms with van der Waals surface area (Å²) in [7, 11) is 0. The highest BCUT2D eigenvalue weighted by atomic mass is 16.2. The largest absolute Gasteiger partial charge is 0.327 e. The van der Waals surface area contributed by atoms with Gasteiger partial charge in [0.1, 0.15) is 0 Å². The van der Waals surface area contributed by atoms with E-state index in [0.717, 1.165) is 25.2 Å². The monoisotopic (exact) mass is 287 g/mol. The van der Waals surface area contributed by atoms with Crippen LogP contribution in [0.5, 0.6) is 0 Å². The van der Waals surface area contributed by atoms with Crippen molar-refractivity contribution in [3.8, 4) is 0 Å². The van der Waals surface area contributed by atoms with Crippen LogP contribution in [0.2, 0.25) is 0 Å². The van der Waals surface area contributed by atoms with Gasteiger partial charge in [-0.15, -0.1) is 0 Å². The van der Waals surface area contributed by atoms with Crippen LogP contribution in [-0.2, 0) is 4.79 Å². The van der Waals surface area contributed by atoms with Gasteiger partial charge in [-0.2, -0.15) is 0 Å². The van der Waals surface area contributed by atoms with Crippen molar-refractivity contribution in [2.75, 3.05) is 18.4 Å². The second-order valence-corrected chi connectivity index (χ2v) is 6.50. The molecule has 1 aromatic rings. The molecule has 1 aliphatic heterocycles. The van der Waals surface area contributed by atoms with Crippen LogP contribution in [0.3, 0.4) is 0 Å². The first-order valence-corrected chi connectivity index (χ1v) is 8.00. The number of carbonyl (C=O) groups is 1. The molecule has 0 spiro atoms. The number of hydrogen-bond donors (Lipinski definition) is 2. The molecule has 1 amide bonds. The van der Waals surface area contributed by atoms with Gasteiger partial charge in [0, 0.05) is 24.8 Å². The van der Waals surface area contributed by atoms with Gasteiger partial charge in [-0.3, -0.25) is 9.69 Å². The molecule has 2 fully saturated rings. The Labute approximate surface area is 126 Å². The van der Waals surface area contributed by atoms with E-state index in [1.165, 1.54) is 12.8 Å². The summed E-state index contributed by atoms with van der Waals surface area (Å²) in [6.07, 6.45) is 3.64. The third-order valence-corrected chi connectivity index (χ3v) is 5.15. The number of rotatable bonds is 3. The molecule has 1 saturated carbocycles. The summed E-state index contributed by atoms with van der Waals surface area (Å²) in [5.41, 5.74) is 7.12. The minimum Gasteiger partial charge on any atom is -0.327 e. The van der Waals surface area contributed by atoms with E-state index in [4.69, 9.17) is 5.73 Å². The van der Waals surface area contributed by atoms with Crippen molar-refractivity contribution in [2.45, 2.75) is 38.3 Å². The molecule has 21 heavy (non-hydrogen) atoms. The summed E-state index contributed by atoms with van der Waals surface area (Å²) in [6.45, 7) is 3.98. The Kier molecular flexibility index (Phi) is 4.27. The zero-order chi connectivity index (χ0) is 14.8. The van der Waals surface area contributed by atoms with Crippen LogP contribution >= 0.6 is 0 Å². The van der Waals surface area contributed by atoms with Crippen molar-refractivity contribution in [3.63, 3.8) is 0 Å². The van der Waals surface area contributed by atoms with Gasteiger partial charge in [-0.05, 0) is 43.7 Å². The van der Waals surface area contributed by atoms with Crippen LogP contribution in [0.15, 0.2) is 30.3 Å². The first-order chi connectivity index (χ1) is 10.1. The third-order valence-electron chi connectivity index (χ3n) is 5.15. The minimum absolute atomic E-state index is 0.0772. The first kappa shape index (κ1) is 14.5. The lowest BCUT2D eigenvalue weighted by molar-refractivity contribution is -0.120. The van der Waals surface area contributed by atoms with Crippen LogP contribution in [0.4, 0.5) is 5.69 Å². The lowest BCUT2D eigenvalue weighted by Gasteiger charge is -2.30. The van der Waals surface area contributed by atoms with Gasteiger partial charge < -0.3 is 11.1 Å². The fourth-order valence-electron chi connectivity index (χ4n) is 3.80. The van der Waals surface area contributed by atoms with Crippen LogP contribution in [-0.4, -0.2) is 36.0 Å². The minimum atomic E-state index is -0.0944. The van der Waals surface area contributed by atoms with Crippen LogP contribution in [0.25, 0.3) is 0 Å². The summed E-state index contributed by atoms with van der Waals surface area (Å²) < 4.78 is 0. The number of nitrogens with one attached hydrogen (secondary N) is 1. The Hall–Kier alpha value is -1.39. The Morgan fingerprint density at radius 2 is 2.05 bits per heavy atom. The van der Waals surface area contributed by atoms with Crippen molar-refractivity contribution in [3.05, 3.63) is 30.3 Å². The van der Waals surface area contributed by atoms with Crippen molar-refractivity contribution in [1.29, 1.82) is 0 Å². The van der Waals surface area contributed by atoms with E-state index >= 15 is 0 Å². The summed E-state index contributed by atoms with van der Waals surface area (Å²) >= 11 is 0. The number of para-hydroxylation sites is 1. The van der Waals surface area contributed by atoms with E-state index in [0.29, 0.717) is 17.9 Å². The van der Waals surface area contributed by atoms with Crippen molar-refractivity contribution in [1.82, 2.24) is 4.90 Å². The quantitative estimate of drug-likeness (QED) is 0.895. The van der Waals surface area contributed by atoms with E-state index in [2.05, 4.69) is 10.2 Å². The molecule has 3 N–H and O–H groups in total. The highest BCUT2D eigenvalue weighted by Gasteiger charge is 2.41. The second kappa shape index (κ2) is 6.16. The molecular formula is C17H25N3O. The number of likely N-dealkylation sites (tertiary alicyclic amines) is 1. The maximum atomic E-state index is 12.4. The molecule has 0 aromatic heterocycles. The van der Waals surface area contributed by atoms with E-state index < -0.39 is 0 Å². The molecule has 1 aromatic carbocycles. The number of nitrogens with two attached hydrogens (primary N) is 1. The average molecular weight is 287 g/mol. The Balaban J connectivity index is 1.60. The van der Waals surface area contributed by atoms with Gasteiger partial charge in [0.2, 0.25) is 5.91 Å². The smallest absolute Gasteiger partial charge is 0.241 e. The van der Waals surface area contributed by atoms with E-state index in [-0.39, 0.29) is 11.9 Å². The molecule has 1 heterocycles. The summed E-state index contributed by atoms with van der Waals surface area (Å²) in [5, 5.41) is 3.00. The zero-order valence-electron chi connectivity index (χ0n) is 12.7. The van der Waals surface area contributed by atoms with Gasteiger partial charge in [0.15, 0.2) is 0 Å². The molecule has 1 aliphatic carbocycles. The normalized spacial score (nSPS) is 30.7. The predicted molar refractivity (Wildman–Crippen MR) is 84.9 cm³/mol. The summed E-state index contributed by atoms with van der Waals surface area (Å²) in [5.74, 6) is 1.33. The van der Waals surface area contributed by atoms with E-state index in [9.17, 15) is 4.79 Å². The predicted octanol–water partition coefficient (Wildman–Crippen LogP) is 2.07. The fraction of sp³-hybridized carbons (Fsp3) is 0.588. The van der Waals surface area contributed by atoms with Crippen molar-refractivity contribution in [2.24, 2.45) is 17.6 Å². The number of nitrogens with zero attached hydrogens (tertiary/aromatic N) is 1. The molecule has 4 unspecified atom stereocenters. The van der Waals surface area contributed by atoms with E-state index in [1.54, 1.807) is 0 Å². The molecule has 4 atom stereocenters. The lowest BCUT2D eigenvalue weighted by atomic mass is 9.78. The molecular weight excluding hydrogens is 262 g/mol. The molecule has 4 heteroatoms. The molecule has 2 aliphatic rings. The number of amides is 1. The number of fused-ring (bicyclic) bond motifs is 1. The zero-order valence-corrected chi connectivity index (χ0v) is 12.7.